The molecule has 0 unspecified atom stereocenters. The summed E-state index contributed by atoms with van der Waals surface area (Å²) >= 11 is 1.25. The van der Waals surface area contributed by atoms with Gasteiger partial charge in [0.2, 0.25) is 5.88 Å². The summed E-state index contributed by atoms with van der Waals surface area (Å²) < 4.78 is 5.55. The van der Waals surface area contributed by atoms with Gasteiger partial charge in [-0.15, -0.1) is 11.3 Å². The van der Waals surface area contributed by atoms with E-state index < -0.39 is 5.91 Å². The standard InChI is InChI=1S/C12H12N2O2S/c1-8-11(14-12(17-8)10(13)15)16-7-9-5-3-2-4-6-9/h2-6H,7H2,1H3,(H2,13,15). The van der Waals surface area contributed by atoms with Crippen LogP contribution in [0.1, 0.15) is 20.2 Å². The van der Waals surface area contributed by atoms with Gasteiger partial charge in [0.25, 0.3) is 5.91 Å². The molecule has 0 saturated carbocycles. The highest BCUT2D eigenvalue weighted by atomic mass is 32.1. The number of aryl methyl sites for hydroxylation is 1. The second kappa shape index (κ2) is 4.97. The van der Waals surface area contributed by atoms with E-state index in [4.69, 9.17) is 10.5 Å². The topological polar surface area (TPSA) is 65.2 Å². The molecule has 1 amide bonds. The highest BCUT2D eigenvalue weighted by Gasteiger charge is 2.12. The Hall–Kier alpha value is -1.88. The molecule has 2 aromatic rings. The van der Waals surface area contributed by atoms with Crippen molar-refractivity contribution < 1.29 is 9.53 Å². The molecular formula is C12H12N2O2S. The minimum atomic E-state index is -0.521. The number of hydrogen-bond donors (Lipinski definition) is 1. The van der Waals surface area contributed by atoms with E-state index in [1.165, 1.54) is 11.3 Å². The Bertz CT molecular complexity index is 523. The van der Waals surface area contributed by atoms with Crippen LogP contribution in [0.5, 0.6) is 5.88 Å². The Morgan fingerprint density at radius 1 is 1.41 bits per heavy atom. The summed E-state index contributed by atoms with van der Waals surface area (Å²) in [7, 11) is 0. The molecule has 0 bridgehead atoms. The fraction of sp³-hybridized carbons (Fsp3) is 0.167. The molecule has 0 saturated heterocycles. The fourth-order valence-electron chi connectivity index (χ4n) is 1.35. The maximum Gasteiger partial charge on any atom is 0.277 e. The SMILES string of the molecule is Cc1sc(C(N)=O)nc1OCc1ccccc1. The first-order chi connectivity index (χ1) is 8.16. The van der Waals surface area contributed by atoms with Crippen molar-refractivity contribution in [3.63, 3.8) is 0 Å². The van der Waals surface area contributed by atoms with Crippen LogP contribution in [0.25, 0.3) is 0 Å². The van der Waals surface area contributed by atoms with Gasteiger partial charge in [0.15, 0.2) is 5.01 Å². The molecule has 2 N–H and O–H groups in total. The van der Waals surface area contributed by atoms with E-state index in [9.17, 15) is 4.79 Å². The van der Waals surface area contributed by atoms with Crippen molar-refractivity contribution in [3.05, 3.63) is 45.8 Å². The van der Waals surface area contributed by atoms with Gasteiger partial charge < -0.3 is 10.5 Å². The molecule has 17 heavy (non-hydrogen) atoms. The molecule has 0 spiro atoms. The van der Waals surface area contributed by atoms with Gasteiger partial charge >= 0.3 is 0 Å². The molecule has 0 atom stereocenters. The van der Waals surface area contributed by atoms with Gasteiger partial charge in [-0.2, -0.15) is 4.98 Å². The maximum atomic E-state index is 11.0. The molecule has 0 fully saturated rings. The van der Waals surface area contributed by atoms with Crippen LogP contribution >= 0.6 is 11.3 Å². The maximum absolute atomic E-state index is 11.0. The number of aromatic nitrogens is 1. The molecule has 4 nitrogen and oxygen atoms in total. The third-order valence-corrected chi connectivity index (χ3v) is 3.15. The van der Waals surface area contributed by atoms with Gasteiger partial charge in [0, 0.05) is 0 Å². The molecule has 5 heteroatoms. The number of benzene rings is 1. The van der Waals surface area contributed by atoms with Crippen molar-refractivity contribution in [2.24, 2.45) is 5.73 Å². The monoisotopic (exact) mass is 248 g/mol. The Labute approximate surface area is 103 Å². The predicted octanol–water partition coefficient (Wildman–Crippen LogP) is 2.13. The van der Waals surface area contributed by atoms with Crippen LogP contribution in [0.4, 0.5) is 0 Å². The molecule has 0 aliphatic rings. The van der Waals surface area contributed by atoms with Crippen LogP contribution in [-0.2, 0) is 6.61 Å². The number of amides is 1. The molecule has 0 radical (unpaired) electrons. The Kier molecular flexibility index (Phi) is 3.39. The summed E-state index contributed by atoms with van der Waals surface area (Å²) in [5.41, 5.74) is 6.21. The normalized spacial score (nSPS) is 10.2. The molecule has 2 rings (SSSR count). The number of nitrogens with zero attached hydrogens (tertiary/aromatic N) is 1. The third kappa shape index (κ3) is 2.82. The Morgan fingerprint density at radius 3 is 2.71 bits per heavy atom. The lowest BCUT2D eigenvalue weighted by molar-refractivity contribution is 0.0999. The number of primary amides is 1. The van der Waals surface area contributed by atoms with Crippen molar-refractivity contribution >= 4 is 17.2 Å². The molecular weight excluding hydrogens is 236 g/mol. The van der Waals surface area contributed by atoms with Crippen LogP contribution in [-0.4, -0.2) is 10.9 Å². The molecule has 88 valence electrons. The second-order valence-electron chi connectivity index (χ2n) is 3.52. The van der Waals surface area contributed by atoms with Gasteiger partial charge in [-0.05, 0) is 12.5 Å². The van der Waals surface area contributed by atoms with Gasteiger partial charge in [0.05, 0.1) is 4.88 Å². The van der Waals surface area contributed by atoms with E-state index >= 15 is 0 Å². The van der Waals surface area contributed by atoms with Crippen molar-refractivity contribution in [3.8, 4) is 5.88 Å². The molecule has 1 aromatic heterocycles. The smallest absolute Gasteiger partial charge is 0.277 e. The Morgan fingerprint density at radius 2 is 2.12 bits per heavy atom. The second-order valence-corrected chi connectivity index (χ2v) is 4.72. The van der Waals surface area contributed by atoms with Crippen molar-refractivity contribution in [2.45, 2.75) is 13.5 Å². The summed E-state index contributed by atoms with van der Waals surface area (Å²) in [6.45, 7) is 2.29. The lowest BCUT2D eigenvalue weighted by atomic mass is 10.2. The number of thiazole rings is 1. The summed E-state index contributed by atoms with van der Waals surface area (Å²) in [5.74, 6) is -0.0414. The summed E-state index contributed by atoms with van der Waals surface area (Å²) in [6, 6.07) is 9.78. The summed E-state index contributed by atoms with van der Waals surface area (Å²) in [4.78, 5) is 15.9. The van der Waals surface area contributed by atoms with Gasteiger partial charge in [-0.25, -0.2) is 0 Å². The first-order valence-corrected chi connectivity index (χ1v) is 5.92. The van der Waals surface area contributed by atoms with E-state index in [2.05, 4.69) is 4.98 Å². The van der Waals surface area contributed by atoms with Gasteiger partial charge in [0.1, 0.15) is 6.61 Å². The van der Waals surface area contributed by atoms with Crippen molar-refractivity contribution in [1.82, 2.24) is 4.98 Å². The minimum Gasteiger partial charge on any atom is -0.472 e. The lowest BCUT2D eigenvalue weighted by Crippen LogP contribution is -2.10. The Balaban J connectivity index is 2.07. The van der Waals surface area contributed by atoms with E-state index in [1.54, 1.807) is 0 Å². The zero-order valence-electron chi connectivity index (χ0n) is 9.34. The minimum absolute atomic E-state index is 0.283. The first kappa shape index (κ1) is 11.6. The van der Waals surface area contributed by atoms with E-state index in [0.717, 1.165) is 10.4 Å². The number of rotatable bonds is 4. The summed E-state index contributed by atoms with van der Waals surface area (Å²) in [6.07, 6.45) is 0. The van der Waals surface area contributed by atoms with Crippen LogP contribution < -0.4 is 10.5 Å². The van der Waals surface area contributed by atoms with E-state index in [1.807, 2.05) is 37.3 Å². The summed E-state index contributed by atoms with van der Waals surface area (Å²) in [5, 5.41) is 0.283. The highest BCUT2D eigenvalue weighted by Crippen LogP contribution is 2.24. The zero-order valence-corrected chi connectivity index (χ0v) is 10.2. The van der Waals surface area contributed by atoms with Gasteiger partial charge in [-0.3, -0.25) is 4.79 Å². The van der Waals surface area contributed by atoms with Crippen molar-refractivity contribution in [1.29, 1.82) is 0 Å². The quantitative estimate of drug-likeness (QED) is 0.901. The average Bonchev–Trinajstić information content (AvgIpc) is 2.70. The number of carbonyl (C=O) groups is 1. The number of hydrogen-bond acceptors (Lipinski definition) is 4. The van der Waals surface area contributed by atoms with E-state index in [-0.39, 0.29) is 5.01 Å². The largest absolute Gasteiger partial charge is 0.472 e. The van der Waals surface area contributed by atoms with Crippen LogP contribution in [0.15, 0.2) is 30.3 Å². The number of ether oxygens (including phenoxy) is 1. The molecule has 1 aromatic carbocycles. The van der Waals surface area contributed by atoms with Gasteiger partial charge in [-0.1, -0.05) is 30.3 Å². The fourth-order valence-corrected chi connectivity index (χ4v) is 2.06. The molecule has 0 aliphatic heterocycles. The van der Waals surface area contributed by atoms with Crippen molar-refractivity contribution in [2.75, 3.05) is 0 Å². The highest BCUT2D eigenvalue weighted by molar-refractivity contribution is 7.13. The van der Waals surface area contributed by atoms with Crippen LogP contribution in [0.3, 0.4) is 0 Å². The average molecular weight is 248 g/mol. The van der Waals surface area contributed by atoms with E-state index in [0.29, 0.717) is 12.5 Å². The third-order valence-electron chi connectivity index (χ3n) is 2.18. The first-order valence-electron chi connectivity index (χ1n) is 5.11. The van der Waals surface area contributed by atoms with Crippen LogP contribution in [0.2, 0.25) is 0 Å². The van der Waals surface area contributed by atoms with Crippen LogP contribution in [0, 0.1) is 6.92 Å². The number of carbonyl (C=O) groups excluding carboxylic acids is 1. The molecule has 1 heterocycles. The predicted molar refractivity (Wildman–Crippen MR) is 66.1 cm³/mol. The zero-order chi connectivity index (χ0) is 12.3. The molecule has 0 aliphatic carbocycles. The number of nitrogens with two attached hydrogens (primary N) is 1. The lowest BCUT2D eigenvalue weighted by Gasteiger charge is -2.03.